The van der Waals surface area contributed by atoms with E-state index in [0.717, 1.165) is 30.5 Å². The molecule has 1 aromatic rings. The molecule has 0 saturated heterocycles. The van der Waals surface area contributed by atoms with Crippen molar-refractivity contribution in [1.82, 2.24) is 4.98 Å². The van der Waals surface area contributed by atoms with Crippen LogP contribution in [0.4, 0.5) is 5.82 Å². The number of thioether (sulfide) groups is 1. The second-order valence-electron chi connectivity index (χ2n) is 4.71. The summed E-state index contributed by atoms with van der Waals surface area (Å²) in [5.74, 6) is 4.16. The Labute approximate surface area is 110 Å². The second-order valence-corrected chi connectivity index (χ2v) is 5.82. The smallest absolute Gasteiger partial charge is 0.126 e. The second kappa shape index (κ2) is 8.40. The Morgan fingerprint density at radius 1 is 1.41 bits per heavy atom. The fourth-order valence-corrected chi connectivity index (χ4v) is 2.62. The highest BCUT2D eigenvalue weighted by Gasteiger charge is 1.98. The maximum Gasteiger partial charge on any atom is 0.126 e. The topological polar surface area (TPSA) is 24.9 Å². The van der Waals surface area contributed by atoms with Crippen molar-refractivity contribution in [3.8, 4) is 0 Å². The molecule has 0 spiro atoms. The van der Waals surface area contributed by atoms with E-state index in [1.165, 1.54) is 17.7 Å². The molecule has 96 valence electrons. The van der Waals surface area contributed by atoms with Crippen LogP contribution in [0, 0.1) is 5.92 Å². The summed E-state index contributed by atoms with van der Waals surface area (Å²) < 4.78 is 0. The molecule has 0 saturated carbocycles. The minimum Gasteiger partial charge on any atom is -0.370 e. The highest BCUT2D eigenvalue weighted by molar-refractivity contribution is 7.98. The Morgan fingerprint density at radius 3 is 2.94 bits per heavy atom. The summed E-state index contributed by atoms with van der Waals surface area (Å²) in [5.41, 5.74) is 1.37. The average Bonchev–Trinajstić information content (AvgIpc) is 2.32. The van der Waals surface area contributed by atoms with Crippen molar-refractivity contribution in [2.75, 3.05) is 17.6 Å². The molecule has 1 N–H and O–H groups in total. The number of rotatable bonds is 8. The average molecular weight is 252 g/mol. The lowest BCUT2D eigenvalue weighted by Crippen LogP contribution is -2.02. The van der Waals surface area contributed by atoms with Crippen LogP contribution in [0.2, 0.25) is 0 Å². The highest BCUT2D eigenvalue weighted by Crippen LogP contribution is 2.17. The first-order valence-corrected chi connectivity index (χ1v) is 7.64. The summed E-state index contributed by atoms with van der Waals surface area (Å²) in [6.07, 6.45) is 4.34. The lowest BCUT2D eigenvalue weighted by molar-refractivity contribution is 0.632. The van der Waals surface area contributed by atoms with Crippen molar-refractivity contribution in [1.29, 1.82) is 0 Å². The fourth-order valence-electron chi connectivity index (χ4n) is 1.42. The Kier molecular flexibility index (Phi) is 7.10. The van der Waals surface area contributed by atoms with Crippen LogP contribution in [0.5, 0.6) is 0 Å². The van der Waals surface area contributed by atoms with Gasteiger partial charge in [-0.2, -0.15) is 11.8 Å². The molecule has 0 unspecified atom stereocenters. The Hall–Kier alpha value is -0.700. The minimum atomic E-state index is 0.807. The molecule has 0 aromatic carbocycles. The van der Waals surface area contributed by atoms with E-state index >= 15 is 0 Å². The number of pyridine rings is 1. The summed E-state index contributed by atoms with van der Waals surface area (Å²) in [7, 11) is 0. The van der Waals surface area contributed by atoms with Gasteiger partial charge in [0.25, 0.3) is 0 Å². The summed E-state index contributed by atoms with van der Waals surface area (Å²) >= 11 is 2.01. The normalized spacial score (nSPS) is 10.8. The summed E-state index contributed by atoms with van der Waals surface area (Å²) in [4.78, 5) is 4.31. The molecule has 1 aromatic heterocycles. The molecular weight excluding hydrogens is 228 g/mol. The van der Waals surface area contributed by atoms with E-state index in [4.69, 9.17) is 0 Å². The van der Waals surface area contributed by atoms with Crippen molar-refractivity contribution in [2.45, 2.75) is 39.4 Å². The number of hydrogen-bond acceptors (Lipinski definition) is 3. The number of nitrogens with one attached hydrogen (secondary N) is 1. The highest BCUT2D eigenvalue weighted by atomic mass is 32.2. The molecule has 0 bridgehead atoms. The van der Waals surface area contributed by atoms with Gasteiger partial charge >= 0.3 is 0 Å². The quantitative estimate of drug-likeness (QED) is 0.702. The molecule has 1 rings (SSSR count). The number of anilines is 1. The molecule has 0 aliphatic heterocycles. The van der Waals surface area contributed by atoms with Gasteiger partial charge in [0, 0.05) is 18.5 Å². The third kappa shape index (κ3) is 6.57. The number of nitrogens with zero attached hydrogens (tertiary/aromatic N) is 1. The zero-order valence-corrected chi connectivity index (χ0v) is 12.0. The zero-order valence-electron chi connectivity index (χ0n) is 11.2. The first-order valence-electron chi connectivity index (χ1n) is 6.49. The molecular formula is C14H24N2S. The van der Waals surface area contributed by atoms with Gasteiger partial charge < -0.3 is 5.32 Å². The predicted molar refractivity (Wildman–Crippen MR) is 78.6 cm³/mol. The van der Waals surface area contributed by atoms with E-state index in [1.54, 1.807) is 0 Å². The molecule has 0 amide bonds. The van der Waals surface area contributed by atoms with Gasteiger partial charge in [-0.25, -0.2) is 4.98 Å². The van der Waals surface area contributed by atoms with Gasteiger partial charge in [0.05, 0.1) is 0 Å². The van der Waals surface area contributed by atoms with E-state index in [0.29, 0.717) is 0 Å². The van der Waals surface area contributed by atoms with Crippen LogP contribution in [0.1, 0.15) is 39.2 Å². The van der Waals surface area contributed by atoms with Crippen LogP contribution < -0.4 is 5.32 Å². The van der Waals surface area contributed by atoms with Crippen LogP contribution in [-0.2, 0) is 5.75 Å². The Bertz CT molecular complexity index is 313. The van der Waals surface area contributed by atoms with Gasteiger partial charge in [-0.15, -0.1) is 0 Å². The summed E-state index contributed by atoms with van der Waals surface area (Å²) in [6.45, 7) is 7.72. The minimum absolute atomic E-state index is 0.807. The maximum absolute atomic E-state index is 4.31. The summed E-state index contributed by atoms with van der Waals surface area (Å²) in [5, 5.41) is 3.32. The van der Waals surface area contributed by atoms with Crippen molar-refractivity contribution in [2.24, 2.45) is 5.92 Å². The van der Waals surface area contributed by atoms with Gasteiger partial charge in [0.1, 0.15) is 5.82 Å². The molecule has 0 fully saturated rings. The van der Waals surface area contributed by atoms with Crippen LogP contribution in [0.25, 0.3) is 0 Å². The van der Waals surface area contributed by atoms with Crippen molar-refractivity contribution in [3.63, 3.8) is 0 Å². The third-order valence-corrected chi connectivity index (χ3v) is 3.55. The van der Waals surface area contributed by atoms with Crippen LogP contribution in [-0.4, -0.2) is 17.3 Å². The molecule has 0 aliphatic carbocycles. The SMILES string of the molecule is CCCNc1cc(CSCCC(C)C)ccn1. The fraction of sp³-hybridized carbons (Fsp3) is 0.643. The number of hydrogen-bond donors (Lipinski definition) is 1. The van der Waals surface area contributed by atoms with Crippen molar-refractivity contribution < 1.29 is 0 Å². The van der Waals surface area contributed by atoms with Crippen molar-refractivity contribution >= 4 is 17.6 Å². The van der Waals surface area contributed by atoms with E-state index in [-0.39, 0.29) is 0 Å². The van der Waals surface area contributed by atoms with E-state index < -0.39 is 0 Å². The third-order valence-electron chi connectivity index (χ3n) is 2.49. The molecule has 1 heterocycles. The standard InChI is InChI=1S/C14H24N2S/c1-4-7-15-14-10-13(5-8-16-14)11-17-9-6-12(2)3/h5,8,10,12H,4,6-7,9,11H2,1-3H3,(H,15,16). The molecule has 0 aliphatic rings. The zero-order chi connectivity index (χ0) is 12.5. The Morgan fingerprint density at radius 2 is 2.24 bits per heavy atom. The van der Waals surface area contributed by atoms with Gasteiger partial charge in [-0.3, -0.25) is 0 Å². The van der Waals surface area contributed by atoms with Gasteiger partial charge in [0.15, 0.2) is 0 Å². The van der Waals surface area contributed by atoms with Gasteiger partial charge in [-0.05, 0) is 42.2 Å². The molecule has 0 radical (unpaired) electrons. The molecule has 17 heavy (non-hydrogen) atoms. The monoisotopic (exact) mass is 252 g/mol. The van der Waals surface area contributed by atoms with Gasteiger partial charge in [0.2, 0.25) is 0 Å². The van der Waals surface area contributed by atoms with E-state index in [2.05, 4.69) is 43.2 Å². The number of aromatic nitrogens is 1. The molecule has 2 nitrogen and oxygen atoms in total. The largest absolute Gasteiger partial charge is 0.370 e. The first kappa shape index (κ1) is 14.4. The van der Waals surface area contributed by atoms with E-state index in [1.807, 2.05) is 18.0 Å². The molecule has 3 heteroatoms. The van der Waals surface area contributed by atoms with Crippen LogP contribution in [0.15, 0.2) is 18.3 Å². The lowest BCUT2D eigenvalue weighted by Gasteiger charge is -2.07. The van der Waals surface area contributed by atoms with Crippen LogP contribution >= 0.6 is 11.8 Å². The Balaban J connectivity index is 2.32. The first-order chi connectivity index (χ1) is 8.22. The molecule has 0 atom stereocenters. The van der Waals surface area contributed by atoms with Crippen molar-refractivity contribution in [3.05, 3.63) is 23.9 Å². The van der Waals surface area contributed by atoms with Crippen LogP contribution in [0.3, 0.4) is 0 Å². The lowest BCUT2D eigenvalue weighted by atomic mass is 10.2. The predicted octanol–water partition coefficient (Wildman–Crippen LogP) is 4.18. The van der Waals surface area contributed by atoms with Gasteiger partial charge in [-0.1, -0.05) is 20.8 Å². The summed E-state index contributed by atoms with van der Waals surface area (Å²) in [6, 6.07) is 4.28. The maximum atomic E-state index is 4.31. The van der Waals surface area contributed by atoms with E-state index in [9.17, 15) is 0 Å².